The third-order valence-electron chi connectivity index (χ3n) is 2.88. The number of anilines is 1. The van der Waals surface area contributed by atoms with E-state index in [0.29, 0.717) is 12.4 Å². The lowest BCUT2D eigenvalue weighted by atomic mass is 9.77. The van der Waals surface area contributed by atoms with Gasteiger partial charge >= 0.3 is 0 Å². The van der Waals surface area contributed by atoms with E-state index in [1.54, 1.807) is 0 Å². The van der Waals surface area contributed by atoms with E-state index in [1.807, 2.05) is 0 Å². The fourth-order valence-corrected chi connectivity index (χ4v) is 1.86. The standard InChI is InChI=1S/C9H13ClN4O/c10-6-7(12-5-13-8(6)15)14-9(4-11)2-1-3-9/h5H,1-4,11H2,(H2,12,13,14,15). The fraction of sp³-hybridized carbons (Fsp3) is 0.556. The number of hydrogen-bond donors (Lipinski definition) is 3. The molecule has 5 nitrogen and oxygen atoms in total. The van der Waals surface area contributed by atoms with E-state index in [-0.39, 0.29) is 16.1 Å². The molecule has 0 radical (unpaired) electrons. The van der Waals surface area contributed by atoms with E-state index in [0.717, 1.165) is 19.3 Å². The number of nitrogens with one attached hydrogen (secondary N) is 2. The Balaban J connectivity index is 2.24. The molecule has 1 aliphatic carbocycles. The molecule has 0 atom stereocenters. The molecular weight excluding hydrogens is 216 g/mol. The Morgan fingerprint density at radius 1 is 1.67 bits per heavy atom. The highest BCUT2D eigenvalue weighted by Crippen LogP contribution is 2.34. The first-order valence-electron chi connectivity index (χ1n) is 4.88. The molecule has 1 saturated carbocycles. The summed E-state index contributed by atoms with van der Waals surface area (Å²) >= 11 is 5.83. The zero-order chi connectivity index (χ0) is 10.9. The SMILES string of the molecule is NCC1(Nc2nc[nH]c(=O)c2Cl)CCC1. The van der Waals surface area contributed by atoms with Gasteiger partial charge in [-0.2, -0.15) is 0 Å². The highest BCUT2D eigenvalue weighted by atomic mass is 35.5. The van der Waals surface area contributed by atoms with Gasteiger partial charge in [0.15, 0.2) is 5.82 Å². The summed E-state index contributed by atoms with van der Waals surface area (Å²) in [5, 5.41) is 3.26. The Hall–Kier alpha value is -1.07. The third kappa shape index (κ3) is 1.85. The topological polar surface area (TPSA) is 83.8 Å². The van der Waals surface area contributed by atoms with Crippen LogP contribution in [0.15, 0.2) is 11.1 Å². The fourth-order valence-electron chi connectivity index (χ4n) is 1.71. The van der Waals surface area contributed by atoms with Gasteiger partial charge in [0.1, 0.15) is 5.02 Å². The van der Waals surface area contributed by atoms with E-state index in [4.69, 9.17) is 17.3 Å². The monoisotopic (exact) mass is 228 g/mol. The Bertz CT molecular complexity index is 407. The number of halogens is 1. The van der Waals surface area contributed by atoms with Crippen LogP contribution in [0.4, 0.5) is 5.82 Å². The molecular formula is C9H13ClN4O. The maximum absolute atomic E-state index is 11.2. The van der Waals surface area contributed by atoms with Gasteiger partial charge in [0.25, 0.3) is 5.56 Å². The Kier molecular flexibility index (Phi) is 2.67. The molecule has 6 heteroatoms. The molecule has 0 aromatic carbocycles. The lowest BCUT2D eigenvalue weighted by Gasteiger charge is -2.42. The summed E-state index contributed by atoms with van der Waals surface area (Å²) in [5.41, 5.74) is 5.23. The van der Waals surface area contributed by atoms with Crippen LogP contribution >= 0.6 is 11.6 Å². The van der Waals surface area contributed by atoms with Crippen molar-refractivity contribution in [1.82, 2.24) is 9.97 Å². The highest BCUT2D eigenvalue weighted by Gasteiger charge is 2.36. The Morgan fingerprint density at radius 2 is 2.40 bits per heavy atom. The summed E-state index contributed by atoms with van der Waals surface area (Å²) < 4.78 is 0. The molecule has 0 spiro atoms. The van der Waals surface area contributed by atoms with Crippen molar-refractivity contribution in [1.29, 1.82) is 0 Å². The van der Waals surface area contributed by atoms with Gasteiger partial charge in [-0.1, -0.05) is 11.6 Å². The van der Waals surface area contributed by atoms with Crippen molar-refractivity contribution in [2.24, 2.45) is 5.73 Å². The van der Waals surface area contributed by atoms with Crippen molar-refractivity contribution in [3.63, 3.8) is 0 Å². The minimum absolute atomic E-state index is 0.0947. The molecule has 82 valence electrons. The summed E-state index contributed by atoms with van der Waals surface area (Å²) in [6.45, 7) is 0.526. The number of aromatic nitrogens is 2. The van der Waals surface area contributed by atoms with E-state index >= 15 is 0 Å². The van der Waals surface area contributed by atoms with Crippen LogP contribution in [0.25, 0.3) is 0 Å². The molecule has 0 saturated heterocycles. The van der Waals surface area contributed by atoms with Crippen LogP contribution in [-0.2, 0) is 0 Å². The quantitative estimate of drug-likeness (QED) is 0.712. The lowest BCUT2D eigenvalue weighted by Crippen LogP contribution is -2.51. The second-order valence-corrected chi connectivity index (χ2v) is 4.24. The zero-order valence-corrected chi connectivity index (χ0v) is 8.97. The molecule has 15 heavy (non-hydrogen) atoms. The molecule has 0 bridgehead atoms. The normalized spacial score (nSPS) is 18.3. The number of rotatable bonds is 3. The van der Waals surface area contributed by atoms with Crippen molar-refractivity contribution in [2.75, 3.05) is 11.9 Å². The van der Waals surface area contributed by atoms with Gasteiger partial charge < -0.3 is 16.0 Å². The number of hydrogen-bond acceptors (Lipinski definition) is 4. The minimum Gasteiger partial charge on any atom is -0.362 e. The second-order valence-electron chi connectivity index (χ2n) is 3.86. The van der Waals surface area contributed by atoms with Gasteiger partial charge in [0.05, 0.1) is 11.9 Å². The van der Waals surface area contributed by atoms with Crippen LogP contribution in [0.3, 0.4) is 0 Å². The van der Waals surface area contributed by atoms with Gasteiger partial charge in [-0.3, -0.25) is 4.79 Å². The number of H-pyrrole nitrogens is 1. The first kappa shape index (κ1) is 10.4. The number of nitrogens with two attached hydrogens (primary N) is 1. The lowest BCUT2D eigenvalue weighted by molar-refractivity contribution is 0.286. The van der Waals surface area contributed by atoms with E-state index in [2.05, 4.69) is 15.3 Å². The average Bonchev–Trinajstić information content (AvgIpc) is 2.18. The molecule has 2 rings (SSSR count). The molecule has 0 aliphatic heterocycles. The molecule has 1 aromatic rings. The summed E-state index contributed by atoms with van der Waals surface area (Å²) in [6.07, 6.45) is 4.47. The molecule has 1 fully saturated rings. The largest absolute Gasteiger partial charge is 0.362 e. The Morgan fingerprint density at radius 3 is 2.93 bits per heavy atom. The molecule has 1 heterocycles. The van der Waals surface area contributed by atoms with Crippen molar-refractivity contribution in [2.45, 2.75) is 24.8 Å². The van der Waals surface area contributed by atoms with Crippen molar-refractivity contribution in [3.05, 3.63) is 21.7 Å². The van der Waals surface area contributed by atoms with E-state index < -0.39 is 0 Å². The van der Waals surface area contributed by atoms with Crippen LogP contribution in [0.1, 0.15) is 19.3 Å². The molecule has 0 unspecified atom stereocenters. The summed E-state index contributed by atoms with van der Waals surface area (Å²) in [7, 11) is 0. The average molecular weight is 229 g/mol. The zero-order valence-electron chi connectivity index (χ0n) is 8.22. The number of nitrogens with zero attached hydrogens (tertiary/aromatic N) is 1. The van der Waals surface area contributed by atoms with Gasteiger partial charge in [-0.05, 0) is 19.3 Å². The Labute approximate surface area is 92.0 Å². The van der Waals surface area contributed by atoms with Gasteiger partial charge in [-0.15, -0.1) is 0 Å². The van der Waals surface area contributed by atoms with Crippen molar-refractivity contribution in [3.8, 4) is 0 Å². The van der Waals surface area contributed by atoms with E-state index in [1.165, 1.54) is 6.33 Å². The molecule has 1 aliphatic rings. The molecule has 1 aromatic heterocycles. The van der Waals surface area contributed by atoms with Crippen LogP contribution in [0, 0.1) is 0 Å². The summed E-state index contributed by atoms with van der Waals surface area (Å²) in [5.74, 6) is 0.422. The summed E-state index contributed by atoms with van der Waals surface area (Å²) in [6, 6.07) is 0. The van der Waals surface area contributed by atoms with E-state index in [9.17, 15) is 4.79 Å². The molecule has 0 amide bonds. The maximum atomic E-state index is 11.2. The maximum Gasteiger partial charge on any atom is 0.271 e. The van der Waals surface area contributed by atoms with Crippen LogP contribution in [0.5, 0.6) is 0 Å². The summed E-state index contributed by atoms with van der Waals surface area (Å²) in [4.78, 5) is 17.6. The number of aromatic amines is 1. The first-order valence-corrected chi connectivity index (χ1v) is 5.26. The predicted molar refractivity (Wildman–Crippen MR) is 59.1 cm³/mol. The highest BCUT2D eigenvalue weighted by molar-refractivity contribution is 6.32. The van der Waals surface area contributed by atoms with Crippen LogP contribution < -0.4 is 16.6 Å². The van der Waals surface area contributed by atoms with Gasteiger partial charge in [0, 0.05) is 6.54 Å². The first-order chi connectivity index (χ1) is 7.17. The van der Waals surface area contributed by atoms with Crippen molar-refractivity contribution >= 4 is 17.4 Å². The second kappa shape index (κ2) is 3.83. The van der Waals surface area contributed by atoms with Crippen LogP contribution in [0.2, 0.25) is 5.02 Å². The molecule has 4 N–H and O–H groups in total. The van der Waals surface area contributed by atoms with Crippen LogP contribution in [-0.4, -0.2) is 22.1 Å². The predicted octanol–water partition coefficient (Wildman–Crippen LogP) is 0.717. The minimum atomic E-state index is -0.333. The van der Waals surface area contributed by atoms with Gasteiger partial charge in [-0.25, -0.2) is 4.98 Å². The van der Waals surface area contributed by atoms with Crippen molar-refractivity contribution < 1.29 is 0 Å². The third-order valence-corrected chi connectivity index (χ3v) is 3.23. The smallest absolute Gasteiger partial charge is 0.271 e. The van der Waals surface area contributed by atoms with Gasteiger partial charge in [0.2, 0.25) is 0 Å².